The molecule has 0 saturated heterocycles. The van der Waals surface area contributed by atoms with E-state index in [1.165, 1.54) is 43.1 Å². The zero-order chi connectivity index (χ0) is 42.4. The summed E-state index contributed by atoms with van der Waals surface area (Å²) in [5.74, 6) is 2.80. The smallest absolute Gasteiger partial charge is 0.202 e. The molecule has 2 heterocycles. The number of nitrogens with zero attached hydrogens (tertiary/aromatic N) is 6. The molecule has 0 N–H and O–H groups in total. The summed E-state index contributed by atoms with van der Waals surface area (Å²) >= 11 is 0. The van der Waals surface area contributed by atoms with Crippen molar-refractivity contribution in [2.45, 2.75) is 0 Å². The molecule has 64 heavy (non-hydrogen) atoms. The van der Waals surface area contributed by atoms with Crippen LogP contribution < -0.4 is 0 Å². The molecule has 0 fully saturated rings. The minimum Gasteiger partial charge on any atom is -0.208 e. The molecule has 12 rings (SSSR count). The van der Waals surface area contributed by atoms with Crippen molar-refractivity contribution in [1.29, 1.82) is 0 Å². The van der Waals surface area contributed by atoms with Crippen molar-refractivity contribution < 1.29 is 0 Å². The van der Waals surface area contributed by atoms with Crippen LogP contribution in [-0.4, -0.2) is 29.9 Å². The molecule has 0 spiro atoms. The maximum absolute atomic E-state index is 5.23. The van der Waals surface area contributed by atoms with Crippen molar-refractivity contribution in [2.75, 3.05) is 0 Å². The number of rotatable bonds is 7. The van der Waals surface area contributed by atoms with E-state index in [4.69, 9.17) is 29.9 Å². The Hall–Kier alpha value is -8.74. The highest BCUT2D eigenvalue weighted by molar-refractivity contribution is 6.01. The van der Waals surface area contributed by atoms with Gasteiger partial charge in [0, 0.05) is 22.3 Å². The molecule has 298 valence electrons. The molecule has 6 heteroatoms. The summed E-state index contributed by atoms with van der Waals surface area (Å²) in [6, 6.07) is 76.1. The molecule has 0 radical (unpaired) electrons. The van der Waals surface area contributed by atoms with E-state index in [9.17, 15) is 0 Å². The van der Waals surface area contributed by atoms with Crippen LogP contribution in [-0.2, 0) is 0 Å². The number of hydrogen-bond donors (Lipinski definition) is 0. The molecule has 0 unspecified atom stereocenters. The first-order chi connectivity index (χ1) is 31.6. The maximum Gasteiger partial charge on any atom is 0.202 e. The van der Waals surface area contributed by atoms with Gasteiger partial charge in [-0.1, -0.05) is 164 Å². The lowest BCUT2D eigenvalue weighted by molar-refractivity contribution is 1.00. The minimum atomic E-state index is 0.350. The van der Waals surface area contributed by atoms with E-state index in [2.05, 4.69) is 127 Å². The van der Waals surface area contributed by atoms with E-state index in [1.54, 1.807) is 0 Å². The van der Waals surface area contributed by atoms with Gasteiger partial charge in [-0.25, -0.2) is 29.9 Å². The predicted octanol–water partition coefficient (Wildman–Crippen LogP) is 14.3. The third kappa shape index (κ3) is 7.09. The quantitative estimate of drug-likeness (QED) is 0.149. The highest BCUT2D eigenvalue weighted by Crippen LogP contribution is 2.37. The topological polar surface area (TPSA) is 77.3 Å². The second-order valence-corrected chi connectivity index (χ2v) is 16.0. The van der Waals surface area contributed by atoms with Crippen molar-refractivity contribution in [2.24, 2.45) is 0 Å². The first kappa shape index (κ1) is 37.1. The fourth-order valence-corrected chi connectivity index (χ4v) is 8.56. The third-order valence-corrected chi connectivity index (χ3v) is 11.8. The zero-order valence-electron chi connectivity index (χ0n) is 34.5. The number of fused-ring (bicyclic) bond motifs is 4. The van der Waals surface area contributed by atoms with Crippen LogP contribution in [0.5, 0.6) is 0 Å². The van der Waals surface area contributed by atoms with E-state index < -0.39 is 0 Å². The van der Waals surface area contributed by atoms with Gasteiger partial charge in [0.15, 0.2) is 23.3 Å². The van der Waals surface area contributed by atoms with E-state index in [0.29, 0.717) is 34.9 Å². The van der Waals surface area contributed by atoms with Gasteiger partial charge in [0.2, 0.25) is 11.6 Å². The molecule has 10 aromatic carbocycles. The Kier molecular flexibility index (Phi) is 9.05. The van der Waals surface area contributed by atoms with Crippen molar-refractivity contribution >= 4 is 43.1 Å². The zero-order valence-corrected chi connectivity index (χ0v) is 34.5. The van der Waals surface area contributed by atoms with E-state index >= 15 is 0 Å². The molecule has 0 bridgehead atoms. The maximum atomic E-state index is 5.23. The van der Waals surface area contributed by atoms with Gasteiger partial charge < -0.3 is 0 Å². The number of aromatic nitrogens is 6. The number of hydrogen-bond acceptors (Lipinski definition) is 6. The molecular weight excluding hydrogens is 781 g/mol. The molecule has 0 amide bonds. The SMILES string of the molecule is c1ccc(-c2nc(-c3ccccc3)nc(-c3nc(-c4ccccc4)nc(-c4cc(-c5ccc6cc7ccccc7cc6c5)cc(-c5ccc6cc7ccccc7cc6c5)c4)n3)n2)cc1. The van der Waals surface area contributed by atoms with Gasteiger partial charge in [-0.3, -0.25) is 0 Å². The Morgan fingerprint density at radius 2 is 0.438 bits per heavy atom. The summed E-state index contributed by atoms with van der Waals surface area (Å²) in [5, 5.41) is 9.60. The Labute approximate surface area is 369 Å². The lowest BCUT2D eigenvalue weighted by Gasteiger charge is -2.14. The normalized spacial score (nSPS) is 11.4. The third-order valence-electron chi connectivity index (χ3n) is 11.8. The van der Waals surface area contributed by atoms with Gasteiger partial charge in [-0.15, -0.1) is 0 Å². The van der Waals surface area contributed by atoms with Gasteiger partial charge in [0.1, 0.15) is 0 Å². The van der Waals surface area contributed by atoms with Gasteiger partial charge in [-0.2, -0.15) is 0 Å². The summed E-state index contributed by atoms with van der Waals surface area (Å²) < 4.78 is 0. The van der Waals surface area contributed by atoms with Gasteiger partial charge in [0.05, 0.1) is 0 Å². The van der Waals surface area contributed by atoms with Crippen LogP contribution >= 0.6 is 0 Å². The molecule has 0 saturated carbocycles. The largest absolute Gasteiger partial charge is 0.208 e. The van der Waals surface area contributed by atoms with Crippen LogP contribution in [0.25, 0.3) is 123 Å². The first-order valence-electron chi connectivity index (χ1n) is 21.3. The highest BCUT2D eigenvalue weighted by Gasteiger charge is 2.19. The van der Waals surface area contributed by atoms with Crippen LogP contribution in [0.15, 0.2) is 218 Å². The lowest BCUT2D eigenvalue weighted by Crippen LogP contribution is -2.05. The van der Waals surface area contributed by atoms with Gasteiger partial charge in [0.25, 0.3) is 0 Å². The second-order valence-electron chi connectivity index (χ2n) is 16.0. The minimum absolute atomic E-state index is 0.350. The Bertz CT molecular complexity index is 3530. The molecule has 12 aromatic rings. The molecule has 6 nitrogen and oxygen atoms in total. The van der Waals surface area contributed by atoms with Crippen molar-refractivity contribution in [3.63, 3.8) is 0 Å². The summed E-state index contributed by atoms with van der Waals surface area (Å²) in [4.78, 5) is 30.5. The highest BCUT2D eigenvalue weighted by atomic mass is 15.1. The lowest BCUT2D eigenvalue weighted by atomic mass is 9.92. The summed E-state index contributed by atoms with van der Waals surface area (Å²) in [6.07, 6.45) is 0. The van der Waals surface area contributed by atoms with Crippen LogP contribution in [0.2, 0.25) is 0 Å². The summed E-state index contributed by atoms with van der Waals surface area (Å²) in [7, 11) is 0. The molecular formula is C58H36N6. The molecule has 0 aliphatic heterocycles. The van der Waals surface area contributed by atoms with Crippen LogP contribution in [0, 0.1) is 0 Å². The molecule has 0 atom stereocenters. The van der Waals surface area contributed by atoms with Gasteiger partial charge in [-0.05, 0) is 120 Å². The molecule has 0 aliphatic rings. The summed E-state index contributed by atoms with van der Waals surface area (Å²) in [5.41, 5.74) is 7.69. The Morgan fingerprint density at radius 3 is 0.812 bits per heavy atom. The van der Waals surface area contributed by atoms with E-state index in [1.807, 2.05) is 91.0 Å². The van der Waals surface area contributed by atoms with Crippen molar-refractivity contribution in [3.05, 3.63) is 218 Å². The van der Waals surface area contributed by atoms with Crippen molar-refractivity contribution in [3.8, 4) is 79.5 Å². The first-order valence-corrected chi connectivity index (χ1v) is 21.3. The van der Waals surface area contributed by atoms with Crippen LogP contribution in [0.3, 0.4) is 0 Å². The number of benzene rings is 10. The molecule has 0 aliphatic carbocycles. The van der Waals surface area contributed by atoms with E-state index in [0.717, 1.165) is 44.5 Å². The average Bonchev–Trinajstić information content (AvgIpc) is 3.37. The van der Waals surface area contributed by atoms with Gasteiger partial charge >= 0.3 is 0 Å². The monoisotopic (exact) mass is 816 g/mol. The Balaban J connectivity index is 1.08. The van der Waals surface area contributed by atoms with Crippen molar-refractivity contribution in [1.82, 2.24) is 29.9 Å². The fraction of sp³-hybridized carbons (Fsp3) is 0. The average molecular weight is 817 g/mol. The Morgan fingerprint density at radius 1 is 0.156 bits per heavy atom. The fourth-order valence-electron chi connectivity index (χ4n) is 8.56. The molecule has 2 aromatic heterocycles. The predicted molar refractivity (Wildman–Crippen MR) is 261 cm³/mol. The second kappa shape index (κ2) is 15.6. The van der Waals surface area contributed by atoms with Crippen LogP contribution in [0.1, 0.15) is 0 Å². The van der Waals surface area contributed by atoms with Crippen LogP contribution in [0.4, 0.5) is 0 Å². The standard InChI is InChI=1S/C58H36N6/c1-4-14-37(15-5-1)53-59-54(38-16-6-2-7-17-38)62-57(61-53)58-63-55(39-18-8-3-9-19-39)60-56(64-58)52-35-50(46-26-24-44-28-40-20-10-12-22-42(40)30-48(44)32-46)34-51(36-52)47-27-25-45-29-41-21-11-13-23-43(41)31-49(45)33-47/h1-36H. The summed E-state index contributed by atoms with van der Waals surface area (Å²) in [6.45, 7) is 0. The van der Waals surface area contributed by atoms with E-state index in [-0.39, 0.29) is 0 Å².